The summed E-state index contributed by atoms with van der Waals surface area (Å²) in [5, 5.41) is 4.67. The minimum absolute atomic E-state index is 0.319. The minimum atomic E-state index is -1.48. The molecule has 0 saturated heterocycles. The number of carbonyl (C=O) groups excluding carboxylic acids is 1. The van der Waals surface area contributed by atoms with Crippen LogP contribution in [0.25, 0.3) is 16.9 Å². The number of hydrogen-bond acceptors (Lipinski definition) is 4. The third kappa shape index (κ3) is 4.01. The molecule has 3 rings (SSSR count). The summed E-state index contributed by atoms with van der Waals surface area (Å²) in [6.45, 7) is 8.76. The summed E-state index contributed by atoms with van der Waals surface area (Å²) in [6, 6.07) is 11.1. The molecule has 0 aliphatic carbocycles. The van der Waals surface area contributed by atoms with Crippen molar-refractivity contribution in [3.05, 3.63) is 53.9 Å². The number of fused-ring (bicyclic) bond motifs is 1. The number of carbonyl (C=O) groups is 1. The number of hydrogen-bond donors (Lipinski definition) is 0. The molecule has 0 spiro atoms. The van der Waals surface area contributed by atoms with E-state index in [9.17, 15) is 4.79 Å². The van der Waals surface area contributed by atoms with Crippen LogP contribution in [-0.2, 0) is 4.74 Å². The van der Waals surface area contributed by atoms with Crippen LogP contribution in [0.4, 0.5) is 0 Å². The molecule has 0 bridgehead atoms. The first kappa shape index (κ1) is 17.9. The van der Waals surface area contributed by atoms with E-state index in [1.807, 2.05) is 24.3 Å². The molecule has 5 nitrogen and oxygen atoms in total. The molecule has 0 unspecified atom stereocenters. The van der Waals surface area contributed by atoms with E-state index < -0.39 is 8.07 Å². The number of imidazole rings is 1. The first-order valence-electron chi connectivity index (χ1n) is 8.53. The molecule has 6 heteroatoms. The molecular weight excluding hydrogens is 342 g/mol. The molecule has 2 heterocycles. The molecule has 3 aromatic rings. The van der Waals surface area contributed by atoms with Gasteiger partial charge in [0.05, 0.1) is 24.1 Å². The molecule has 0 atom stereocenters. The summed E-state index contributed by atoms with van der Waals surface area (Å²) in [4.78, 5) is 16.1. The number of benzene rings is 1. The molecule has 0 aliphatic rings. The molecule has 0 fully saturated rings. The SMILES string of the molecule is CCOC(=O)c1ccc(-c2ccc3ncc(C#C[Si](C)(C)C)n3n2)cc1. The van der Waals surface area contributed by atoms with Crippen molar-refractivity contribution >= 4 is 19.7 Å². The maximum absolute atomic E-state index is 11.8. The molecule has 0 radical (unpaired) electrons. The van der Waals surface area contributed by atoms with E-state index in [4.69, 9.17) is 4.74 Å². The molecule has 1 aromatic carbocycles. The van der Waals surface area contributed by atoms with Crippen molar-refractivity contribution in [1.82, 2.24) is 14.6 Å². The first-order chi connectivity index (χ1) is 12.4. The van der Waals surface area contributed by atoms with Gasteiger partial charge in [-0.15, -0.1) is 5.54 Å². The van der Waals surface area contributed by atoms with Gasteiger partial charge in [0, 0.05) is 5.56 Å². The van der Waals surface area contributed by atoms with Gasteiger partial charge in [-0.05, 0) is 31.2 Å². The first-order valence-corrected chi connectivity index (χ1v) is 12.0. The van der Waals surface area contributed by atoms with Gasteiger partial charge < -0.3 is 4.74 Å². The maximum atomic E-state index is 11.8. The van der Waals surface area contributed by atoms with E-state index in [2.05, 4.69) is 41.2 Å². The lowest BCUT2D eigenvalue weighted by molar-refractivity contribution is 0.0526. The van der Waals surface area contributed by atoms with Crippen molar-refractivity contribution in [2.45, 2.75) is 26.6 Å². The summed E-state index contributed by atoms with van der Waals surface area (Å²) in [7, 11) is -1.48. The highest BCUT2D eigenvalue weighted by Crippen LogP contribution is 2.19. The van der Waals surface area contributed by atoms with Crippen molar-refractivity contribution in [2.75, 3.05) is 6.61 Å². The van der Waals surface area contributed by atoms with Crippen LogP contribution in [0.2, 0.25) is 19.6 Å². The van der Waals surface area contributed by atoms with Crippen molar-refractivity contribution in [3.63, 3.8) is 0 Å². The van der Waals surface area contributed by atoms with Gasteiger partial charge in [-0.25, -0.2) is 14.3 Å². The molecule has 0 amide bonds. The van der Waals surface area contributed by atoms with E-state index in [0.717, 1.165) is 22.6 Å². The average molecular weight is 363 g/mol. The largest absolute Gasteiger partial charge is 0.462 e. The lowest BCUT2D eigenvalue weighted by atomic mass is 10.1. The Bertz CT molecular complexity index is 1010. The van der Waals surface area contributed by atoms with Gasteiger partial charge in [0.25, 0.3) is 0 Å². The third-order valence-corrected chi connectivity index (χ3v) is 4.49. The van der Waals surface area contributed by atoms with Crippen molar-refractivity contribution in [2.24, 2.45) is 0 Å². The Morgan fingerprint density at radius 1 is 1.15 bits per heavy atom. The lowest BCUT2D eigenvalue weighted by Gasteiger charge is -2.05. The summed E-state index contributed by atoms with van der Waals surface area (Å²) in [5.41, 5.74) is 7.13. The topological polar surface area (TPSA) is 56.5 Å². The Hall–Kier alpha value is -2.91. The summed E-state index contributed by atoms with van der Waals surface area (Å²) in [5.74, 6) is 2.89. The van der Waals surface area contributed by atoms with E-state index in [0.29, 0.717) is 12.2 Å². The lowest BCUT2D eigenvalue weighted by Crippen LogP contribution is -2.16. The fourth-order valence-corrected chi connectivity index (χ4v) is 2.86. The van der Waals surface area contributed by atoms with Crippen LogP contribution in [0.5, 0.6) is 0 Å². The second-order valence-electron chi connectivity index (χ2n) is 6.93. The van der Waals surface area contributed by atoms with Crippen LogP contribution in [0.15, 0.2) is 42.6 Å². The highest BCUT2D eigenvalue weighted by Gasteiger charge is 2.10. The van der Waals surface area contributed by atoms with Crippen LogP contribution in [0, 0.1) is 11.5 Å². The fourth-order valence-electron chi connectivity index (χ4n) is 2.36. The van der Waals surface area contributed by atoms with E-state index in [-0.39, 0.29) is 5.97 Å². The van der Waals surface area contributed by atoms with Gasteiger partial charge in [0.15, 0.2) is 5.65 Å². The summed E-state index contributed by atoms with van der Waals surface area (Å²) < 4.78 is 6.78. The number of rotatable bonds is 3. The van der Waals surface area contributed by atoms with E-state index in [1.165, 1.54) is 0 Å². The number of aromatic nitrogens is 3. The Balaban J connectivity index is 1.95. The third-order valence-electron chi connectivity index (χ3n) is 3.62. The van der Waals surface area contributed by atoms with Gasteiger partial charge in [0.1, 0.15) is 13.8 Å². The zero-order valence-electron chi connectivity index (χ0n) is 15.4. The predicted molar refractivity (Wildman–Crippen MR) is 105 cm³/mol. The Kier molecular flexibility index (Phi) is 4.91. The molecule has 2 aromatic heterocycles. The van der Waals surface area contributed by atoms with Crippen molar-refractivity contribution in [1.29, 1.82) is 0 Å². The van der Waals surface area contributed by atoms with Gasteiger partial charge in [-0.3, -0.25) is 0 Å². The quantitative estimate of drug-likeness (QED) is 0.403. The van der Waals surface area contributed by atoms with E-state index >= 15 is 0 Å². The Morgan fingerprint density at radius 2 is 1.88 bits per heavy atom. The van der Waals surface area contributed by atoms with Crippen molar-refractivity contribution in [3.8, 4) is 22.7 Å². The molecule has 0 saturated carbocycles. The van der Waals surface area contributed by atoms with Gasteiger partial charge >= 0.3 is 5.97 Å². The van der Waals surface area contributed by atoms with Gasteiger partial charge in [0.2, 0.25) is 0 Å². The molecule has 26 heavy (non-hydrogen) atoms. The van der Waals surface area contributed by atoms with Crippen LogP contribution in [0.1, 0.15) is 23.0 Å². The van der Waals surface area contributed by atoms with Crippen LogP contribution >= 0.6 is 0 Å². The second kappa shape index (κ2) is 7.14. The summed E-state index contributed by atoms with van der Waals surface area (Å²) >= 11 is 0. The maximum Gasteiger partial charge on any atom is 0.338 e. The van der Waals surface area contributed by atoms with Crippen LogP contribution < -0.4 is 0 Å². The highest BCUT2D eigenvalue weighted by atomic mass is 28.3. The second-order valence-corrected chi connectivity index (χ2v) is 11.7. The Morgan fingerprint density at radius 3 is 2.54 bits per heavy atom. The van der Waals surface area contributed by atoms with Crippen LogP contribution in [-0.4, -0.2) is 35.2 Å². The fraction of sp³-hybridized carbons (Fsp3) is 0.250. The molecular formula is C20H21N3O2Si. The molecule has 132 valence electrons. The predicted octanol–water partition coefficient (Wildman–Crippen LogP) is 3.80. The smallest absolute Gasteiger partial charge is 0.338 e. The zero-order chi connectivity index (χ0) is 18.7. The van der Waals surface area contributed by atoms with E-state index in [1.54, 1.807) is 29.8 Å². The minimum Gasteiger partial charge on any atom is -0.462 e. The van der Waals surface area contributed by atoms with Crippen molar-refractivity contribution < 1.29 is 9.53 Å². The standard InChI is InChI=1S/C20H21N3O2Si/c1-5-25-20(24)16-8-6-15(7-9-16)18-10-11-19-21-14-17(23(19)22-18)12-13-26(2,3)4/h6-11,14H,5H2,1-4H3. The number of nitrogens with zero attached hydrogens (tertiary/aromatic N) is 3. The number of esters is 1. The highest BCUT2D eigenvalue weighted by molar-refractivity contribution is 6.83. The number of ether oxygens (including phenoxy) is 1. The monoisotopic (exact) mass is 363 g/mol. The summed E-state index contributed by atoms with van der Waals surface area (Å²) in [6.07, 6.45) is 1.75. The molecule has 0 N–H and O–H groups in total. The average Bonchev–Trinajstić information content (AvgIpc) is 3.02. The normalized spacial score (nSPS) is 11.1. The van der Waals surface area contributed by atoms with Crippen LogP contribution in [0.3, 0.4) is 0 Å². The van der Waals surface area contributed by atoms with Gasteiger partial charge in [-0.2, -0.15) is 5.10 Å². The zero-order valence-corrected chi connectivity index (χ0v) is 16.4. The van der Waals surface area contributed by atoms with Gasteiger partial charge in [-0.1, -0.05) is 37.7 Å². The Labute approximate surface area is 154 Å². The molecule has 0 aliphatic heterocycles.